The van der Waals surface area contributed by atoms with Crippen LogP contribution < -0.4 is 10.5 Å². The highest BCUT2D eigenvalue weighted by Crippen LogP contribution is 2.26. The number of halogens is 1. The molecule has 5 nitrogen and oxygen atoms in total. The van der Waals surface area contributed by atoms with Gasteiger partial charge in [-0.05, 0) is 36.4 Å². The van der Waals surface area contributed by atoms with E-state index in [1.165, 1.54) is 36.4 Å². The van der Waals surface area contributed by atoms with Crippen LogP contribution in [0.5, 0.6) is 11.5 Å². The first-order valence-corrected chi connectivity index (χ1v) is 7.78. The fourth-order valence-corrected chi connectivity index (χ4v) is 2.30. The summed E-state index contributed by atoms with van der Waals surface area (Å²) < 4.78 is 42.1. The van der Waals surface area contributed by atoms with Crippen molar-refractivity contribution in [1.29, 1.82) is 5.41 Å². The molecule has 0 unspecified atom stereocenters. The summed E-state index contributed by atoms with van der Waals surface area (Å²) >= 11 is 0. The summed E-state index contributed by atoms with van der Waals surface area (Å²) in [5, 5.41) is 7.22. The zero-order valence-corrected chi connectivity index (χ0v) is 11.9. The second-order valence-corrected chi connectivity index (χ2v) is 6.42. The van der Waals surface area contributed by atoms with E-state index in [0.29, 0.717) is 0 Å². The van der Waals surface area contributed by atoms with Crippen molar-refractivity contribution in [1.82, 2.24) is 0 Å². The molecular formula is C14H13FN2O3S. The molecule has 2 aromatic rings. The molecule has 0 heterocycles. The highest BCUT2D eigenvalue weighted by Gasteiger charge is 2.11. The smallest absolute Gasteiger partial charge is 0.175 e. The van der Waals surface area contributed by atoms with E-state index in [4.69, 9.17) is 15.9 Å². The van der Waals surface area contributed by atoms with Gasteiger partial charge in [0.1, 0.15) is 11.6 Å². The zero-order valence-electron chi connectivity index (χ0n) is 11.1. The van der Waals surface area contributed by atoms with Crippen molar-refractivity contribution in [2.24, 2.45) is 5.73 Å². The number of sulfone groups is 1. The van der Waals surface area contributed by atoms with Gasteiger partial charge in [-0.3, -0.25) is 5.41 Å². The maximum Gasteiger partial charge on any atom is 0.175 e. The molecule has 0 bridgehead atoms. The van der Waals surface area contributed by atoms with E-state index >= 15 is 0 Å². The highest BCUT2D eigenvalue weighted by molar-refractivity contribution is 7.90. The number of nitrogens with two attached hydrogens (primary N) is 1. The lowest BCUT2D eigenvalue weighted by molar-refractivity contribution is 0.441. The SMILES string of the molecule is CS(=O)(=O)c1cccc(Oc2ccc(C(=N)N)cc2F)c1. The van der Waals surface area contributed by atoms with Crippen LogP contribution in [0.4, 0.5) is 4.39 Å². The largest absolute Gasteiger partial charge is 0.454 e. The standard InChI is InChI=1S/C14H13FN2O3S/c1-21(18,19)11-4-2-3-10(8-11)20-13-6-5-9(14(16)17)7-12(13)15/h2-8H,1H3,(H3,16,17). The second-order valence-electron chi connectivity index (χ2n) is 4.41. The Bertz CT molecular complexity index is 804. The first-order chi connectivity index (χ1) is 9.77. The van der Waals surface area contributed by atoms with Crippen LogP contribution in [0.2, 0.25) is 0 Å². The number of nitrogen functional groups attached to an aromatic ring is 1. The van der Waals surface area contributed by atoms with Crippen molar-refractivity contribution >= 4 is 15.7 Å². The van der Waals surface area contributed by atoms with E-state index in [1.807, 2.05) is 0 Å². The number of rotatable bonds is 4. The maximum absolute atomic E-state index is 13.8. The third-order valence-corrected chi connectivity index (χ3v) is 3.81. The summed E-state index contributed by atoms with van der Waals surface area (Å²) in [4.78, 5) is 0.0840. The fourth-order valence-electron chi connectivity index (χ4n) is 1.65. The van der Waals surface area contributed by atoms with Crippen LogP contribution in [0.3, 0.4) is 0 Å². The predicted molar refractivity (Wildman–Crippen MR) is 77.0 cm³/mol. The molecule has 0 saturated carbocycles. The third kappa shape index (κ3) is 3.57. The monoisotopic (exact) mass is 308 g/mol. The zero-order chi connectivity index (χ0) is 15.6. The summed E-state index contributed by atoms with van der Waals surface area (Å²) in [6.45, 7) is 0. The van der Waals surface area contributed by atoms with Gasteiger partial charge in [-0.1, -0.05) is 6.07 Å². The van der Waals surface area contributed by atoms with Crippen LogP contribution in [0.25, 0.3) is 0 Å². The van der Waals surface area contributed by atoms with Gasteiger partial charge >= 0.3 is 0 Å². The minimum Gasteiger partial charge on any atom is -0.454 e. The Labute approximate surface area is 121 Å². The highest BCUT2D eigenvalue weighted by atomic mass is 32.2. The lowest BCUT2D eigenvalue weighted by Crippen LogP contribution is -2.11. The van der Waals surface area contributed by atoms with Crippen LogP contribution in [-0.2, 0) is 9.84 Å². The van der Waals surface area contributed by atoms with Crippen molar-refractivity contribution < 1.29 is 17.5 Å². The summed E-state index contributed by atoms with van der Waals surface area (Å²) in [6, 6.07) is 9.63. The molecular weight excluding hydrogens is 295 g/mol. The molecule has 0 saturated heterocycles. The normalized spacial score (nSPS) is 11.1. The molecule has 0 aliphatic rings. The lowest BCUT2D eigenvalue weighted by Gasteiger charge is -2.09. The van der Waals surface area contributed by atoms with Gasteiger partial charge in [0, 0.05) is 11.8 Å². The summed E-state index contributed by atoms with van der Waals surface area (Å²) in [5.41, 5.74) is 5.50. The molecule has 21 heavy (non-hydrogen) atoms. The molecule has 0 aromatic heterocycles. The van der Waals surface area contributed by atoms with Crippen molar-refractivity contribution in [3.8, 4) is 11.5 Å². The van der Waals surface area contributed by atoms with Gasteiger partial charge in [-0.15, -0.1) is 0 Å². The molecule has 0 fully saturated rings. The van der Waals surface area contributed by atoms with Gasteiger partial charge in [0.15, 0.2) is 21.4 Å². The first kappa shape index (κ1) is 15.0. The topological polar surface area (TPSA) is 93.2 Å². The van der Waals surface area contributed by atoms with Gasteiger partial charge in [0.25, 0.3) is 0 Å². The number of benzene rings is 2. The molecule has 0 atom stereocenters. The van der Waals surface area contributed by atoms with Crippen LogP contribution >= 0.6 is 0 Å². The van der Waals surface area contributed by atoms with E-state index in [0.717, 1.165) is 12.3 Å². The number of hydrogen-bond donors (Lipinski definition) is 2. The van der Waals surface area contributed by atoms with Gasteiger partial charge in [0.2, 0.25) is 0 Å². The molecule has 0 spiro atoms. The summed E-state index contributed by atoms with van der Waals surface area (Å²) in [5.74, 6) is -0.815. The van der Waals surface area contributed by atoms with E-state index in [9.17, 15) is 12.8 Å². The summed E-state index contributed by atoms with van der Waals surface area (Å²) in [7, 11) is -3.36. The lowest BCUT2D eigenvalue weighted by atomic mass is 10.2. The van der Waals surface area contributed by atoms with Crippen LogP contribution in [-0.4, -0.2) is 20.5 Å². The van der Waals surface area contributed by atoms with Gasteiger partial charge in [-0.2, -0.15) is 0 Å². The van der Waals surface area contributed by atoms with E-state index < -0.39 is 15.7 Å². The second kappa shape index (κ2) is 5.53. The number of amidine groups is 1. The van der Waals surface area contributed by atoms with Crippen molar-refractivity contribution in [2.75, 3.05) is 6.26 Å². The van der Waals surface area contributed by atoms with E-state index in [1.54, 1.807) is 0 Å². The molecule has 7 heteroatoms. The predicted octanol–water partition coefficient (Wildman–Crippen LogP) is 2.31. The molecule has 0 aliphatic heterocycles. The van der Waals surface area contributed by atoms with E-state index in [2.05, 4.69) is 0 Å². The Morgan fingerprint density at radius 1 is 1.24 bits per heavy atom. The number of hydrogen-bond acceptors (Lipinski definition) is 4. The molecule has 2 aromatic carbocycles. The van der Waals surface area contributed by atoms with Gasteiger partial charge in [0.05, 0.1) is 4.90 Å². The van der Waals surface area contributed by atoms with Crippen molar-refractivity contribution in [2.45, 2.75) is 4.90 Å². The molecule has 0 radical (unpaired) electrons. The molecule has 3 N–H and O–H groups in total. The molecule has 110 valence electrons. The minimum absolute atomic E-state index is 0.0781. The fraction of sp³-hybridized carbons (Fsp3) is 0.0714. The van der Waals surface area contributed by atoms with Crippen LogP contribution in [0, 0.1) is 11.2 Å². The minimum atomic E-state index is -3.36. The first-order valence-electron chi connectivity index (χ1n) is 5.89. The average Bonchev–Trinajstić information content (AvgIpc) is 2.40. The van der Waals surface area contributed by atoms with Crippen molar-refractivity contribution in [3.63, 3.8) is 0 Å². The van der Waals surface area contributed by atoms with Crippen molar-refractivity contribution in [3.05, 3.63) is 53.8 Å². The van der Waals surface area contributed by atoms with Crippen LogP contribution in [0.15, 0.2) is 47.4 Å². The molecule has 2 rings (SSSR count). The Kier molecular flexibility index (Phi) is 3.95. The maximum atomic E-state index is 13.8. The number of nitrogens with one attached hydrogen (secondary N) is 1. The van der Waals surface area contributed by atoms with Crippen LogP contribution in [0.1, 0.15) is 5.56 Å². The van der Waals surface area contributed by atoms with Gasteiger partial charge < -0.3 is 10.5 Å². The Morgan fingerprint density at radius 3 is 2.52 bits per heavy atom. The number of ether oxygens (including phenoxy) is 1. The quantitative estimate of drug-likeness (QED) is 0.669. The van der Waals surface area contributed by atoms with E-state index in [-0.39, 0.29) is 27.8 Å². The Balaban J connectivity index is 2.33. The molecule has 0 aliphatic carbocycles. The Morgan fingerprint density at radius 2 is 1.95 bits per heavy atom. The Hall–Kier alpha value is -2.41. The average molecular weight is 308 g/mol. The van der Waals surface area contributed by atoms with Gasteiger partial charge in [-0.25, -0.2) is 12.8 Å². The molecule has 0 amide bonds. The third-order valence-electron chi connectivity index (χ3n) is 2.70. The summed E-state index contributed by atoms with van der Waals surface area (Å²) in [6.07, 6.45) is 1.08.